The van der Waals surface area contributed by atoms with Gasteiger partial charge in [-0.05, 0) is 36.4 Å². The number of hydrogen-bond donors (Lipinski definition) is 3. The van der Waals surface area contributed by atoms with Crippen molar-refractivity contribution in [1.82, 2.24) is 54.9 Å². The third kappa shape index (κ3) is 15.1. The monoisotopic (exact) mass is 932 g/mol. The van der Waals surface area contributed by atoms with Gasteiger partial charge in [0, 0.05) is 74.6 Å². The van der Waals surface area contributed by atoms with E-state index in [4.69, 9.17) is 10.9 Å². The van der Waals surface area contributed by atoms with E-state index in [1.54, 1.807) is 25.6 Å². The molecule has 0 saturated carbocycles. The van der Waals surface area contributed by atoms with E-state index in [1.807, 2.05) is 0 Å². The maximum Gasteiger partial charge on any atom is 0.416 e. The lowest BCUT2D eigenvalue weighted by atomic mass is 10.0. The molecule has 65 heavy (non-hydrogen) atoms. The van der Waals surface area contributed by atoms with E-state index in [9.17, 15) is 62.3 Å². The van der Waals surface area contributed by atoms with Crippen LogP contribution in [0.2, 0.25) is 0 Å². The molecule has 0 aliphatic heterocycles. The van der Waals surface area contributed by atoms with E-state index in [0.717, 1.165) is 40.5 Å². The molecule has 4 heterocycles. The maximum atomic E-state index is 13.0. The van der Waals surface area contributed by atoms with Crippen molar-refractivity contribution < 1.29 is 67.4 Å². The number of nitrogens with one attached hydrogen (secondary N) is 1. The van der Waals surface area contributed by atoms with E-state index in [2.05, 4.69) is 45.5 Å². The minimum absolute atomic E-state index is 0.00910. The summed E-state index contributed by atoms with van der Waals surface area (Å²) < 4.78 is 157. The molecule has 0 aliphatic carbocycles. The van der Waals surface area contributed by atoms with Crippen molar-refractivity contribution in [3.63, 3.8) is 0 Å². The molecule has 0 fully saturated rings. The first-order chi connectivity index (χ1) is 30.2. The van der Waals surface area contributed by atoms with Crippen LogP contribution in [0.1, 0.15) is 22.3 Å². The number of hydrogen-bond acceptors (Lipinski definition) is 13. The molecule has 0 bridgehead atoms. The first-order valence-corrected chi connectivity index (χ1v) is 17.3. The molecule has 17 nitrogen and oxygen atoms in total. The van der Waals surface area contributed by atoms with Crippen LogP contribution in [-0.2, 0) is 34.3 Å². The second-order valence-electron chi connectivity index (χ2n) is 12.4. The number of benzene rings is 2. The Hall–Kier alpha value is -7.98. The van der Waals surface area contributed by atoms with Gasteiger partial charge in [-0.2, -0.15) is 52.7 Å². The number of alkyl halides is 12. The number of hydrazine groups is 2. The third-order valence-electron chi connectivity index (χ3n) is 7.54. The van der Waals surface area contributed by atoms with Crippen LogP contribution in [-0.4, -0.2) is 80.5 Å². The van der Waals surface area contributed by atoms with Crippen LogP contribution in [0, 0.1) is 0 Å². The summed E-state index contributed by atoms with van der Waals surface area (Å²) >= 11 is 0. The second-order valence-corrected chi connectivity index (χ2v) is 12.4. The minimum Gasteiger partial charge on any atom is -0.478 e. The van der Waals surface area contributed by atoms with Gasteiger partial charge in [0.15, 0.2) is 23.3 Å². The normalized spacial score (nSPS) is 12.0. The molecule has 6 aromatic rings. The summed E-state index contributed by atoms with van der Waals surface area (Å²) in [5, 5.41) is 18.6. The number of halogens is 12. The van der Waals surface area contributed by atoms with Crippen molar-refractivity contribution in [3.05, 3.63) is 121 Å². The summed E-state index contributed by atoms with van der Waals surface area (Å²) in [5.74, 6) is 3.63. The lowest BCUT2D eigenvalue weighted by Crippen LogP contribution is -2.38. The maximum absolute atomic E-state index is 13.0. The van der Waals surface area contributed by atoms with E-state index >= 15 is 0 Å². The molecule has 29 heteroatoms. The Bertz CT molecular complexity index is 2530. The average molecular weight is 933 g/mol. The van der Waals surface area contributed by atoms with E-state index in [-0.39, 0.29) is 18.0 Å². The van der Waals surface area contributed by atoms with Gasteiger partial charge in [-0.15, -0.1) is 10.2 Å². The Morgan fingerprint density at radius 2 is 0.985 bits per heavy atom. The van der Waals surface area contributed by atoms with Crippen molar-refractivity contribution in [1.29, 1.82) is 0 Å². The van der Waals surface area contributed by atoms with Gasteiger partial charge >= 0.3 is 30.7 Å². The van der Waals surface area contributed by atoms with Gasteiger partial charge in [-0.1, -0.05) is 0 Å². The number of carboxylic acids is 1. The zero-order valence-corrected chi connectivity index (χ0v) is 32.6. The zero-order chi connectivity index (χ0) is 48.3. The molecule has 1 amide bonds. The Kier molecular flexibility index (Phi) is 15.6. The zero-order valence-electron chi connectivity index (χ0n) is 32.6. The van der Waals surface area contributed by atoms with Gasteiger partial charge in [-0.25, -0.2) is 39.9 Å². The van der Waals surface area contributed by atoms with Crippen LogP contribution in [0.25, 0.3) is 35.2 Å². The van der Waals surface area contributed by atoms with Crippen molar-refractivity contribution >= 4 is 35.9 Å². The molecule has 0 radical (unpaired) electrons. The SMILES string of the molecule is CN(N)c1cnccn1.CN(NC(=O)/C=C\n1cnc(-c2cc(C(F)(F)F)cc(C(F)(F)F)c2)n1)c1cnccn1.O=C(O)/C=C\n1cnc(-c2cc(C(F)(F)F)cc(C(F)(F)F)c2)n1. The number of amides is 1. The largest absolute Gasteiger partial charge is 0.478 e. The van der Waals surface area contributed by atoms with Crippen molar-refractivity contribution in [3.8, 4) is 22.8 Å². The van der Waals surface area contributed by atoms with Gasteiger partial charge in [0.2, 0.25) is 0 Å². The number of nitrogens with zero attached hydrogens (tertiary/aromatic N) is 12. The van der Waals surface area contributed by atoms with Gasteiger partial charge in [0.05, 0.1) is 34.6 Å². The quantitative estimate of drug-likeness (QED) is 0.0594. The molecule has 0 spiro atoms. The van der Waals surface area contributed by atoms with Gasteiger partial charge < -0.3 is 5.11 Å². The summed E-state index contributed by atoms with van der Waals surface area (Å²) in [4.78, 5) is 45.2. The van der Waals surface area contributed by atoms with Crippen LogP contribution >= 0.6 is 0 Å². The van der Waals surface area contributed by atoms with Crippen LogP contribution in [0.5, 0.6) is 0 Å². The predicted molar refractivity (Wildman–Crippen MR) is 202 cm³/mol. The summed E-state index contributed by atoms with van der Waals surface area (Å²) in [6.07, 6.45) is -5.17. The Morgan fingerprint density at radius 3 is 1.31 bits per heavy atom. The number of carbonyl (C=O) groups excluding carboxylic acids is 1. The van der Waals surface area contributed by atoms with Crippen LogP contribution < -0.4 is 21.3 Å². The fourth-order valence-corrected chi connectivity index (χ4v) is 4.61. The average Bonchev–Trinajstić information content (AvgIpc) is 3.92. The molecule has 0 saturated heterocycles. The Morgan fingerprint density at radius 1 is 0.600 bits per heavy atom. The molecular weight excluding hydrogens is 904 g/mol. The number of rotatable bonds is 9. The van der Waals surface area contributed by atoms with Crippen LogP contribution in [0.4, 0.5) is 64.3 Å². The number of anilines is 2. The highest BCUT2D eigenvalue weighted by molar-refractivity contribution is 5.91. The lowest BCUT2D eigenvalue weighted by molar-refractivity contribution is -0.144. The molecule has 0 unspecified atom stereocenters. The van der Waals surface area contributed by atoms with E-state index in [1.165, 1.54) is 35.7 Å². The molecule has 344 valence electrons. The molecule has 4 N–H and O–H groups in total. The number of carbonyl (C=O) groups is 2. The summed E-state index contributed by atoms with van der Waals surface area (Å²) in [5.41, 5.74) is -4.50. The number of nitrogens with two attached hydrogens (primary N) is 1. The van der Waals surface area contributed by atoms with Crippen LogP contribution in [0.3, 0.4) is 0 Å². The standard InChI is InChI=1S/C18H13F6N7O.C13H7F6N3O2.C5H8N4/c1-30(14-9-25-3-4-26-14)28-15(32)2-5-31-10-27-16(29-31)11-6-12(17(19,20)21)8-13(7-11)18(22,23)24;14-12(15,16)8-3-7(4-9(5-8)13(17,18)19)11-20-6-22(21-11)2-1-10(23)24;1-9(6)5-4-7-2-3-8-5/h2-10H,1H3,(H,28,32);1-6H,(H,23,24);2-4H,6H2,1H3/b5-2-;2-1-;. The molecule has 0 atom stereocenters. The molecule has 4 aromatic heterocycles. The topological polar surface area (TPSA) is 212 Å². The van der Waals surface area contributed by atoms with Crippen molar-refractivity contribution in [2.45, 2.75) is 24.7 Å². The van der Waals surface area contributed by atoms with E-state index < -0.39 is 75.8 Å². The molecule has 2 aromatic carbocycles. The minimum atomic E-state index is -4.99. The fourth-order valence-electron chi connectivity index (χ4n) is 4.61. The smallest absolute Gasteiger partial charge is 0.416 e. The van der Waals surface area contributed by atoms with Gasteiger partial charge in [-0.3, -0.25) is 30.2 Å². The summed E-state index contributed by atoms with van der Waals surface area (Å²) in [6.45, 7) is 0. The highest BCUT2D eigenvalue weighted by Crippen LogP contribution is 2.39. The second kappa shape index (κ2) is 20.5. The summed E-state index contributed by atoms with van der Waals surface area (Å²) in [7, 11) is 3.22. The van der Waals surface area contributed by atoms with Gasteiger partial charge in [0.25, 0.3) is 5.91 Å². The Labute approximate surface area is 356 Å². The Balaban J connectivity index is 0.000000245. The number of carboxylic acid groups (broad SMARTS) is 1. The third-order valence-corrected chi connectivity index (χ3v) is 7.54. The van der Waals surface area contributed by atoms with Crippen molar-refractivity contribution in [2.75, 3.05) is 24.1 Å². The summed E-state index contributed by atoms with van der Waals surface area (Å²) in [6, 6.07) is 2.00. The molecule has 0 aliphatic rings. The number of aromatic nitrogens is 10. The highest BCUT2D eigenvalue weighted by Gasteiger charge is 2.38. The highest BCUT2D eigenvalue weighted by atomic mass is 19.4. The lowest BCUT2D eigenvalue weighted by Gasteiger charge is -2.17. The molecule has 6 rings (SSSR count). The first-order valence-electron chi connectivity index (χ1n) is 17.3. The van der Waals surface area contributed by atoms with Crippen LogP contribution in [0.15, 0.2) is 98.4 Å². The fraction of sp³-hybridized carbons (Fsp3) is 0.167. The first kappa shape index (κ1) is 49.7. The van der Waals surface area contributed by atoms with Crippen molar-refractivity contribution in [2.24, 2.45) is 5.84 Å². The number of aliphatic carboxylic acids is 1. The van der Waals surface area contributed by atoms with E-state index in [0.29, 0.717) is 42.0 Å². The predicted octanol–water partition coefficient (Wildman–Crippen LogP) is 6.74. The molecular formula is C36H28F12N14O3. The van der Waals surface area contributed by atoms with Gasteiger partial charge in [0.1, 0.15) is 12.7 Å².